The Labute approximate surface area is 204 Å². The maximum absolute atomic E-state index is 13.6. The minimum Gasteiger partial charge on any atom is -0.338 e. The zero-order valence-electron chi connectivity index (χ0n) is 18.6. The van der Waals surface area contributed by atoms with Gasteiger partial charge in [0.25, 0.3) is 5.91 Å². The predicted molar refractivity (Wildman–Crippen MR) is 133 cm³/mol. The summed E-state index contributed by atoms with van der Waals surface area (Å²) < 4.78 is 0. The summed E-state index contributed by atoms with van der Waals surface area (Å²) in [6.45, 7) is 3.23. The number of halogens is 1. The lowest BCUT2D eigenvalue weighted by Gasteiger charge is -2.23. The summed E-state index contributed by atoms with van der Waals surface area (Å²) in [7, 11) is 0. The number of para-hydroxylation sites is 1. The molecule has 2 aliphatic heterocycles. The van der Waals surface area contributed by atoms with Crippen LogP contribution in [-0.2, 0) is 16.0 Å². The summed E-state index contributed by atoms with van der Waals surface area (Å²) in [6, 6.07) is 17.2. The van der Waals surface area contributed by atoms with E-state index in [-0.39, 0.29) is 17.4 Å². The fourth-order valence-corrected chi connectivity index (χ4v) is 5.71. The van der Waals surface area contributed by atoms with Crippen molar-refractivity contribution in [3.05, 3.63) is 75.3 Å². The highest BCUT2D eigenvalue weighted by Gasteiger charge is 2.41. The van der Waals surface area contributed by atoms with E-state index in [2.05, 4.69) is 6.07 Å². The molecular weight excluding hydrogens is 454 g/mol. The zero-order chi connectivity index (χ0) is 23.4. The maximum Gasteiger partial charge on any atom is 0.267 e. The molecule has 2 aromatic carbocycles. The number of benzene rings is 2. The average Bonchev–Trinajstić information content (AvgIpc) is 2.98. The number of aryl methyl sites for hydroxylation is 1. The summed E-state index contributed by atoms with van der Waals surface area (Å²) >= 11 is 7.60. The second-order valence-corrected chi connectivity index (χ2v) is 10.0. The molecule has 1 atom stereocenters. The lowest BCUT2D eigenvalue weighted by Crippen LogP contribution is -2.35. The predicted octanol–water partition coefficient (Wildman–Crippen LogP) is 5.48. The van der Waals surface area contributed by atoms with Crippen molar-refractivity contribution in [1.82, 2.24) is 4.90 Å². The van der Waals surface area contributed by atoms with Crippen LogP contribution in [0.25, 0.3) is 0 Å². The first-order valence-electron chi connectivity index (χ1n) is 11.2. The Morgan fingerprint density at radius 1 is 1.12 bits per heavy atom. The molecule has 2 aromatic rings. The van der Waals surface area contributed by atoms with Crippen LogP contribution in [0.1, 0.15) is 36.8 Å². The van der Waals surface area contributed by atoms with E-state index in [1.165, 1.54) is 11.8 Å². The highest BCUT2D eigenvalue weighted by molar-refractivity contribution is 8.05. The minimum atomic E-state index is -0.445. The van der Waals surface area contributed by atoms with E-state index in [0.29, 0.717) is 35.2 Å². The molecule has 0 aromatic heterocycles. The van der Waals surface area contributed by atoms with Crippen molar-refractivity contribution >= 4 is 40.9 Å². The van der Waals surface area contributed by atoms with E-state index in [1.807, 2.05) is 55.5 Å². The van der Waals surface area contributed by atoms with Gasteiger partial charge < -0.3 is 4.90 Å². The lowest BCUT2D eigenvalue weighted by atomic mass is 10.1. The number of nitrogens with zero attached hydrogens (tertiary/aromatic N) is 3. The first-order chi connectivity index (χ1) is 16.0. The van der Waals surface area contributed by atoms with Crippen LogP contribution in [-0.4, -0.2) is 35.1 Å². The number of anilines is 1. The summed E-state index contributed by atoms with van der Waals surface area (Å²) in [5.41, 5.74) is 2.63. The van der Waals surface area contributed by atoms with Gasteiger partial charge in [0, 0.05) is 23.8 Å². The SMILES string of the molecule is Cc1ccc(CC2S/C(=C(\C#N)C(=O)N3CCCCCC3)N(c3ccccc3)C2=O)cc1Cl. The van der Waals surface area contributed by atoms with Gasteiger partial charge in [-0.2, -0.15) is 5.26 Å². The Kier molecular flexibility index (Phi) is 7.42. The van der Waals surface area contributed by atoms with Crippen molar-refractivity contribution in [3.8, 4) is 6.07 Å². The van der Waals surface area contributed by atoms with Crippen molar-refractivity contribution in [2.75, 3.05) is 18.0 Å². The van der Waals surface area contributed by atoms with E-state index >= 15 is 0 Å². The summed E-state index contributed by atoms with van der Waals surface area (Å²) in [5, 5.41) is 10.7. The largest absolute Gasteiger partial charge is 0.338 e. The molecule has 0 saturated carbocycles. The van der Waals surface area contributed by atoms with Gasteiger partial charge in [-0.05, 0) is 55.5 Å². The normalized spacial score (nSPS) is 20.4. The van der Waals surface area contributed by atoms with E-state index in [1.54, 1.807) is 9.80 Å². The van der Waals surface area contributed by atoms with Crippen molar-refractivity contribution in [3.63, 3.8) is 0 Å². The molecule has 0 bridgehead atoms. The quantitative estimate of drug-likeness (QED) is 0.430. The molecule has 0 aliphatic carbocycles. The van der Waals surface area contributed by atoms with Crippen LogP contribution in [0.4, 0.5) is 5.69 Å². The van der Waals surface area contributed by atoms with Gasteiger partial charge in [-0.15, -0.1) is 0 Å². The number of hydrogen-bond donors (Lipinski definition) is 0. The molecule has 1 unspecified atom stereocenters. The van der Waals surface area contributed by atoms with Crippen LogP contribution >= 0.6 is 23.4 Å². The van der Waals surface area contributed by atoms with Crippen LogP contribution in [0.2, 0.25) is 5.02 Å². The van der Waals surface area contributed by atoms with Crippen LogP contribution < -0.4 is 4.90 Å². The molecule has 4 rings (SSSR count). The van der Waals surface area contributed by atoms with E-state index < -0.39 is 5.25 Å². The summed E-state index contributed by atoms with van der Waals surface area (Å²) in [4.78, 5) is 30.2. The molecule has 2 heterocycles. The first kappa shape index (κ1) is 23.4. The third-order valence-electron chi connectivity index (χ3n) is 6.06. The molecule has 2 fully saturated rings. The Morgan fingerprint density at radius 3 is 2.45 bits per heavy atom. The third-order valence-corrected chi connectivity index (χ3v) is 7.73. The molecule has 5 nitrogen and oxygen atoms in total. The Bertz CT molecular complexity index is 1120. The van der Waals surface area contributed by atoms with Gasteiger partial charge in [0.05, 0.1) is 5.25 Å². The van der Waals surface area contributed by atoms with Crippen molar-refractivity contribution in [2.45, 2.75) is 44.3 Å². The summed E-state index contributed by atoms with van der Waals surface area (Å²) in [5.74, 6) is -0.413. The molecule has 0 radical (unpaired) electrons. The lowest BCUT2D eigenvalue weighted by molar-refractivity contribution is -0.126. The number of carbonyl (C=O) groups excluding carboxylic acids is 2. The smallest absolute Gasteiger partial charge is 0.267 e. The van der Waals surface area contributed by atoms with E-state index in [9.17, 15) is 14.9 Å². The number of amides is 2. The average molecular weight is 480 g/mol. The van der Waals surface area contributed by atoms with Crippen LogP contribution in [0.15, 0.2) is 59.1 Å². The molecule has 2 aliphatic rings. The van der Waals surface area contributed by atoms with Crippen molar-refractivity contribution in [2.24, 2.45) is 0 Å². The fraction of sp³-hybridized carbons (Fsp3) is 0.346. The fourth-order valence-electron chi connectivity index (χ4n) is 4.20. The third kappa shape index (κ3) is 5.10. The van der Waals surface area contributed by atoms with Gasteiger partial charge in [0.15, 0.2) is 0 Å². The number of hydrogen-bond acceptors (Lipinski definition) is 4. The van der Waals surface area contributed by atoms with Crippen LogP contribution in [0.3, 0.4) is 0 Å². The number of rotatable bonds is 4. The Hall–Kier alpha value is -2.75. The Balaban J connectivity index is 1.71. The highest BCUT2D eigenvalue weighted by Crippen LogP contribution is 2.42. The molecular formula is C26H26ClN3O2S. The molecule has 0 spiro atoms. The second-order valence-electron chi connectivity index (χ2n) is 8.40. The molecule has 0 N–H and O–H groups in total. The van der Waals surface area contributed by atoms with E-state index in [4.69, 9.17) is 11.6 Å². The molecule has 33 heavy (non-hydrogen) atoms. The molecule has 2 saturated heterocycles. The summed E-state index contributed by atoms with van der Waals surface area (Å²) in [6.07, 6.45) is 4.52. The van der Waals surface area contributed by atoms with Gasteiger partial charge in [-0.3, -0.25) is 14.5 Å². The van der Waals surface area contributed by atoms with Gasteiger partial charge in [0.2, 0.25) is 5.91 Å². The Morgan fingerprint density at radius 2 is 1.82 bits per heavy atom. The van der Waals surface area contributed by atoms with Crippen LogP contribution in [0.5, 0.6) is 0 Å². The van der Waals surface area contributed by atoms with Gasteiger partial charge in [0.1, 0.15) is 16.7 Å². The maximum atomic E-state index is 13.6. The number of nitriles is 1. The number of carbonyl (C=O) groups is 2. The monoisotopic (exact) mass is 479 g/mol. The molecule has 2 amide bonds. The molecule has 170 valence electrons. The van der Waals surface area contributed by atoms with Gasteiger partial charge >= 0.3 is 0 Å². The first-order valence-corrected chi connectivity index (χ1v) is 12.5. The van der Waals surface area contributed by atoms with Crippen molar-refractivity contribution < 1.29 is 9.59 Å². The van der Waals surface area contributed by atoms with Crippen LogP contribution in [0, 0.1) is 18.3 Å². The standard InChI is InChI=1S/C26H26ClN3O2S/c1-18-11-12-19(15-22(18)27)16-23-25(32)30(20-9-5-4-6-10-20)26(33-23)21(17-28)24(31)29-13-7-2-3-8-14-29/h4-6,9-12,15,23H,2-3,7-8,13-14,16H2,1H3/b26-21+. The van der Waals surface area contributed by atoms with E-state index in [0.717, 1.165) is 36.8 Å². The highest BCUT2D eigenvalue weighted by atomic mass is 35.5. The van der Waals surface area contributed by atoms with Gasteiger partial charge in [-0.25, -0.2) is 0 Å². The second kappa shape index (κ2) is 10.5. The number of likely N-dealkylation sites (tertiary alicyclic amines) is 1. The van der Waals surface area contributed by atoms with Crippen molar-refractivity contribution in [1.29, 1.82) is 5.26 Å². The zero-order valence-corrected chi connectivity index (χ0v) is 20.2. The topological polar surface area (TPSA) is 64.4 Å². The number of thioether (sulfide) groups is 1. The minimum absolute atomic E-state index is 0.0449. The van der Waals surface area contributed by atoms with Gasteiger partial charge in [-0.1, -0.05) is 66.5 Å². The molecule has 7 heteroatoms.